The van der Waals surface area contributed by atoms with Crippen LogP contribution in [0.1, 0.15) is 19.0 Å². The quantitative estimate of drug-likeness (QED) is 0.769. The van der Waals surface area contributed by atoms with Crippen LogP contribution >= 0.6 is 0 Å². The highest BCUT2D eigenvalue weighted by Crippen LogP contribution is 2.04. The first-order valence-corrected chi connectivity index (χ1v) is 5.13. The maximum Gasteiger partial charge on any atom is 0.221 e. The summed E-state index contributed by atoms with van der Waals surface area (Å²) < 4.78 is 0. The van der Waals surface area contributed by atoms with Gasteiger partial charge in [-0.05, 0) is 19.1 Å². The number of hydrogen-bond acceptors (Lipinski definition) is 4. The number of nitrogens with zero attached hydrogens (tertiary/aromatic N) is 2. The molecule has 84 valence electrons. The Kier molecular flexibility index (Phi) is 4.80. The number of nitrogens with one attached hydrogen (secondary N) is 2. The van der Waals surface area contributed by atoms with Crippen LogP contribution in [0, 0.1) is 11.3 Å². The lowest BCUT2D eigenvalue weighted by molar-refractivity contribution is -0.120. The van der Waals surface area contributed by atoms with Crippen LogP contribution < -0.4 is 10.6 Å². The van der Waals surface area contributed by atoms with E-state index in [0.29, 0.717) is 25.2 Å². The number of nitriles is 1. The van der Waals surface area contributed by atoms with Gasteiger partial charge in [-0.1, -0.05) is 0 Å². The van der Waals surface area contributed by atoms with Gasteiger partial charge in [0.2, 0.25) is 5.91 Å². The molecule has 0 aliphatic carbocycles. The summed E-state index contributed by atoms with van der Waals surface area (Å²) in [6.07, 6.45) is 2.00. The summed E-state index contributed by atoms with van der Waals surface area (Å²) in [5, 5.41) is 14.3. The Morgan fingerprint density at radius 1 is 1.56 bits per heavy atom. The third kappa shape index (κ3) is 3.96. The van der Waals surface area contributed by atoms with Gasteiger partial charge in [-0.2, -0.15) is 5.26 Å². The molecule has 0 aromatic carbocycles. The van der Waals surface area contributed by atoms with Crippen LogP contribution in [0.3, 0.4) is 0 Å². The zero-order valence-corrected chi connectivity index (χ0v) is 9.16. The Morgan fingerprint density at radius 2 is 2.38 bits per heavy atom. The van der Waals surface area contributed by atoms with Crippen molar-refractivity contribution in [1.82, 2.24) is 10.3 Å². The second kappa shape index (κ2) is 6.40. The first-order chi connectivity index (χ1) is 7.76. The fourth-order valence-corrected chi connectivity index (χ4v) is 1.17. The van der Waals surface area contributed by atoms with Gasteiger partial charge in [0.05, 0.1) is 11.9 Å². The molecule has 1 aromatic rings. The SMILES string of the molecule is CCNC(=O)CCNc1ccc(C#N)nc1. The zero-order chi connectivity index (χ0) is 11.8. The molecule has 0 spiro atoms. The molecule has 0 bridgehead atoms. The van der Waals surface area contributed by atoms with E-state index in [2.05, 4.69) is 15.6 Å². The topological polar surface area (TPSA) is 77.8 Å². The van der Waals surface area contributed by atoms with Crippen molar-refractivity contribution in [3.05, 3.63) is 24.0 Å². The van der Waals surface area contributed by atoms with Crippen LogP contribution in [-0.4, -0.2) is 24.0 Å². The number of carbonyl (C=O) groups is 1. The van der Waals surface area contributed by atoms with Crippen LogP contribution in [-0.2, 0) is 4.79 Å². The monoisotopic (exact) mass is 218 g/mol. The molecule has 0 atom stereocenters. The number of hydrogen-bond donors (Lipinski definition) is 2. The van der Waals surface area contributed by atoms with Gasteiger partial charge < -0.3 is 10.6 Å². The molecule has 0 unspecified atom stereocenters. The second-order valence-corrected chi connectivity index (χ2v) is 3.17. The first kappa shape index (κ1) is 12.0. The van der Waals surface area contributed by atoms with E-state index in [1.165, 1.54) is 0 Å². The molecule has 1 heterocycles. The zero-order valence-electron chi connectivity index (χ0n) is 9.16. The van der Waals surface area contributed by atoms with Gasteiger partial charge in [0, 0.05) is 19.5 Å². The number of anilines is 1. The Labute approximate surface area is 94.5 Å². The molecule has 1 rings (SSSR count). The standard InChI is InChI=1S/C11H14N4O/c1-2-13-11(16)5-6-14-10-4-3-9(7-12)15-8-10/h3-4,8,14H,2,5-6H2,1H3,(H,13,16). The van der Waals surface area contributed by atoms with Gasteiger partial charge in [0.1, 0.15) is 11.8 Å². The minimum Gasteiger partial charge on any atom is -0.383 e. The van der Waals surface area contributed by atoms with Crippen molar-refractivity contribution in [3.63, 3.8) is 0 Å². The maximum absolute atomic E-state index is 11.1. The van der Waals surface area contributed by atoms with Crippen molar-refractivity contribution in [2.24, 2.45) is 0 Å². The molecule has 1 amide bonds. The van der Waals surface area contributed by atoms with Gasteiger partial charge in [0.15, 0.2) is 0 Å². The molecule has 5 nitrogen and oxygen atoms in total. The third-order valence-electron chi connectivity index (χ3n) is 1.93. The van der Waals surface area contributed by atoms with E-state index in [9.17, 15) is 4.79 Å². The van der Waals surface area contributed by atoms with Crippen molar-refractivity contribution in [2.45, 2.75) is 13.3 Å². The van der Waals surface area contributed by atoms with Crippen molar-refractivity contribution in [3.8, 4) is 6.07 Å². The van der Waals surface area contributed by atoms with Gasteiger partial charge in [-0.25, -0.2) is 4.98 Å². The summed E-state index contributed by atoms with van der Waals surface area (Å²) in [4.78, 5) is 15.0. The lowest BCUT2D eigenvalue weighted by Crippen LogP contribution is -2.24. The number of rotatable bonds is 5. The van der Waals surface area contributed by atoms with Crippen LogP contribution in [0.5, 0.6) is 0 Å². The summed E-state index contributed by atoms with van der Waals surface area (Å²) in [7, 11) is 0. The van der Waals surface area contributed by atoms with E-state index in [-0.39, 0.29) is 5.91 Å². The average molecular weight is 218 g/mol. The van der Waals surface area contributed by atoms with Crippen LogP contribution in [0.25, 0.3) is 0 Å². The molecule has 2 N–H and O–H groups in total. The van der Waals surface area contributed by atoms with E-state index >= 15 is 0 Å². The van der Waals surface area contributed by atoms with Crippen LogP contribution in [0.4, 0.5) is 5.69 Å². The molecule has 0 aliphatic heterocycles. The molecule has 0 radical (unpaired) electrons. The maximum atomic E-state index is 11.1. The number of amides is 1. The molecule has 0 saturated heterocycles. The third-order valence-corrected chi connectivity index (χ3v) is 1.93. The van der Waals surface area contributed by atoms with E-state index in [4.69, 9.17) is 5.26 Å². The van der Waals surface area contributed by atoms with Gasteiger partial charge >= 0.3 is 0 Å². The average Bonchev–Trinajstić information content (AvgIpc) is 2.30. The molecular formula is C11H14N4O. The summed E-state index contributed by atoms with van der Waals surface area (Å²) in [6.45, 7) is 3.09. The lowest BCUT2D eigenvalue weighted by atomic mass is 10.3. The highest BCUT2D eigenvalue weighted by atomic mass is 16.1. The highest BCUT2D eigenvalue weighted by molar-refractivity contribution is 5.76. The Bertz CT molecular complexity index is 380. The van der Waals surface area contributed by atoms with Crippen molar-refractivity contribution >= 4 is 11.6 Å². The normalized spacial score (nSPS) is 9.25. The van der Waals surface area contributed by atoms with Crippen molar-refractivity contribution in [2.75, 3.05) is 18.4 Å². The van der Waals surface area contributed by atoms with Gasteiger partial charge in [-0.3, -0.25) is 4.79 Å². The molecule has 5 heteroatoms. The summed E-state index contributed by atoms with van der Waals surface area (Å²) >= 11 is 0. The number of aromatic nitrogens is 1. The molecule has 1 aromatic heterocycles. The number of pyridine rings is 1. The molecular weight excluding hydrogens is 204 g/mol. The molecule has 0 aliphatic rings. The van der Waals surface area contributed by atoms with Crippen molar-refractivity contribution < 1.29 is 4.79 Å². The predicted octanol–water partition coefficient (Wildman–Crippen LogP) is 0.891. The lowest BCUT2D eigenvalue weighted by Gasteiger charge is -2.05. The summed E-state index contributed by atoms with van der Waals surface area (Å²) in [6, 6.07) is 5.34. The predicted molar refractivity (Wildman–Crippen MR) is 60.7 cm³/mol. The fourth-order valence-electron chi connectivity index (χ4n) is 1.17. The van der Waals surface area contributed by atoms with E-state index < -0.39 is 0 Å². The largest absolute Gasteiger partial charge is 0.383 e. The first-order valence-electron chi connectivity index (χ1n) is 5.13. The van der Waals surface area contributed by atoms with E-state index in [1.54, 1.807) is 18.3 Å². The molecule has 0 fully saturated rings. The van der Waals surface area contributed by atoms with Gasteiger partial charge in [-0.15, -0.1) is 0 Å². The van der Waals surface area contributed by atoms with E-state index in [1.807, 2.05) is 13.0 Å². The number of carbonyl (C=O) groups excluding carboxylic acids is 1. The Hall–Kier alpha value is -2.09. The second-order valence-electron chi connectivity index (χ2n) is 3.17. The van der Waals surface area contributed by atoms with E-state index in [0.717, 1.165) is 5.69 Å². The van der Waals surface area contributed by atoms with Crippen molar-refractivity contribution in [1.29, 1.82) is 5.26 Å². The van der Waals surface area contributed by atoms with Crippen LogP contribution in [0.2, 0.25) is 0 Å². The fraction of sp³-hybridized carbons (Fsp3) is 0.364. The summed E-state index contributed by atoms with van der Waals surface area (Å²) in [5.74, 6) is 0.0246. The molecule has 0 saturated carbocycles. The minimum absolute atomic E-state index is 0.0246. The highest BCUT2D eigenvalue weighted by Gasteiger charge is 1.99. The summed E-state index contributed by atoms with van der Waals surface area (Å²) in [5.41, 5.74) is 1.19. The van der Waals surface area contributed by atoms with Gasteiger partial charge in [0.25, 0.3) is 0 Å². The minimum atomic E-state index is 0.0246. The Balaban J connectivity index is 2.32. The smallest absolute Gasteiger partial charge is 0.221 e. The molecule has 16 heavy (non-hydrogen) atoms. The van der Waals surface area contributed by atoms with Crippen LogP contribution in [0.15, 0.2) is 18.3 Å². The Morgan fingerprint density at radius 3 is 2.94 bits per heavy atom.